The van der Waals surface area contributed by atoms with Crippen molar-refractivity contribution in [1.82, 2.24) is 0 Å². The lowest BCUT2D eigenvalue weighted by molar-refractivity contribution is -0.911. The minimum Gasteiger partial charge on any atom is -0.491 e. The van der Waals surface area contributed by atoms with E-state index in [9.17, 15) is 5.11 Å². The van der Waals surface area contributed by atoms with E-state index in [0.717, 1.165) is 41.9 Å². The predicted molar refractivity (Wildman–Crippen MR) is 89.5 cm³/mol. The molecule has 3 rings (SSSR count). The summed E-state index contributed by atoms with van der Waals surface area (Å²) in [6.45, 7) is 4.52. The Morgan fingerprint density at radius 3 is 2.68 bits per heavy atom. The van der Waals surface area contributed by atoms with Gasteiger partial charge in [-0.3, -0.25) is 0 Å². The highest BCUT2D eigenvalue weighted by atomic mass is 79.9. The molecule has 1 saturated heterocycles. The van der Waals surface area contributed by atoms with E-state index >= 15 is 0 Å². The molecule has 0 aromatic heterocycles. The van der Waals surface area contributed by atoms with Crippen molar-refractivity contribution >= 4 is 26.7 Å². The zero-order chi connectivity index (χ0) is 15.4. The number of morpholine rings is 1. The fourth-order valence-electron chi connectivity index (χ4n) is 2.73. The smallest absolute Gasteiger partial charge is 0.137 e. The first kappa shape index (κ1) is 15.7. The molecule has 22 heavy (non-hydrogen) atoms. The fourth-order valence-corrected chi connectivity index (χ4v) is 3.11. The lowest BCUT2D eigenvalue weighted by atomic mass is 10.1. The van der Waals surface area contributed by atoms with Crippen molar-refractivity contribution in [3.8, 4) is 5.75 Å². The Morgan fingerprint density at radius 1 is 1.14 bits per heavy atom. The lowest BCUT2D eigenvalue weighted by Gasteiger charge is -2.25. The highest BCUT2D eigenvalue weighted by Gasteiger charge is 2.18. The molecule has 118 valence electrons. The van der Waals surface area contributed by atoms with Crippen molar-refractivity contribution in [2.75, 3.05) is 39.5 Å². The van der Waals surface area contributed by atoms with Crippen LogP contribution in [0.4, 0.5) is 0 Å². The SMILES string of the molecule is O[C@H](COc1ccc2cc(Br)ccc2c1)C[NH+]1CCOCC1. The zero-order valence-corrected chi connectivity index (χ0v) is 14.0. The summed E-state index contributed by atoms with van der Waals surface area (Å²) in [5.41, 5.74) is 0. The normalized spacial score (nSPS) is 17.5. The minimum atomic E-state index is -0.450. The molecular weight excluding hydrogens is 346 g/mol. The molecule has 2 aromatic carbocycles. The van der Waals surface area contributed by atoms with Crippen LogP contribution in [0.25, 0.3) is 10.8 Å². The molecule has 0 spiro atoms. The van der Waals surface area contributed by atoms with Gasteiger partial charge in [-0.2, -0.15) is 0 Å². The number of nitrogens with one attached hydrogen (secondary N) is 1. The molecule has 0 aliphatic carbocycles. The second kappa shape index (κ2) is 7.42. The maximum Gasteiger partial charge on any atom is 0.137 e. The van der Waals surface area contributed by atoms with Crippen LogP contribution in [0.1, 0.15) is 0 Å². The monoisotopic (exact) mass is 366 g/mol. The summed E-state index contributed by atoms with van der Waals surface area (Å²) >= 11 is 3.47. The van der Waals surface area contributed by atoms with Crippen LogP contribution in [-0.2, 0) is 4.74 Å². The molecule has 1 atom stereocenters. The maximum atomic E-state index is 10.1. The topological polar surface area (TPSA) is 43.1 Å². The molecular formula is C17H21BrNO3+. The van der Waals surface area contributed by atoms with E-state index < -0.39 is 6.10 Å². The third-order valence-corrected chi connectivity index (χ3v) is 4.43. The summed E-state index contributed by atoms with van der Waals surface area (Å²) < 4.78 is 12.1. The van der Waals surface area contributed by atoms with E-state index in [-0.39, 0.29) is 0 Å². The van der Waals surface area contributed by atoms with Gasteiger partial charge >= 0.3 is 0 Å². The number of fused-ring (bicyclic) bond motifs is 1. The van der Waals surface area contributed by atoms with Gasteiger partial charge in [-0.05, 0) is 35.0 Å². The molecule has 0 unspecified atom stereocenters. The predicted octanol–water partition coefficient (Wildman–Crippen LogP) is 1.26. The van der Waals surface area contributed by atoms with Gasteiger partial charge in [-0.15, -0.1) is 0 Å². The van der Waals surface area contributed by atoms with E-state index in [1.165, 1.54) is 10.3 Å². The van der Waals surface area contributed by atoms with Gasteiger partial charge in [0, 0.05) is 4.47 Å². The van der Waals surface area contributed by atoms with Gasteiger partial charge in [-0.1, -0.05) is 28.1 Å². The zero-order valence-electron chi connectivity index (χ0n) is 12.4. The lowest BCUT2D eigenvalue weighted by Crippen LogP contribution is -3.15. The largest absolute Gasteiger partial charge is 0.491 e. The number of aliphatic hydroxyl groups is 1. The van der Waals surface area contributed by atoms with Crippen molar-refractivity contribution in [3.05, 3.63) is 40.9 Å². The Bertz CT molecular complexity index is 628. The van der Waals surface area contributed by atoms with Gasteiger partial charge in [0.05, 0.1) is 13.2 Å². The van der Waals surface area contributed by atoms with Gasteiger partial charge in [0.25, 0.3) is 0 Å². The first-order valence-electron chi connectivity index (χ1n) is 7.62. The molecule has 0 radical (unpaired) electrons. The van der Waals surface area contributed by atoms with Crippen LogP contribution >= 0.6 is 15.9 Å². The summed E-state index contributed by atoms with van der Waals surface area (Å²) in [6, 6.07) is 12.1. The van der Waals surface area contributed by atoms with E-state index in [4.69, 9.17) is 9.47 Å². The van der Waals surface area contributed by atoms with Crippen LogP contribution in [0.15, 0.2) is 40.9 Å². The number of ether oxygens (including phenoxy) is 2. The van der Waals surface area contributed by atoms with E-state index in [1.54, 1.807) is 0 Å². The number of benzene rings is 2. The van der Waals surface area contributed by atoms with Crippen molar-refractivity contribution < 1.29 is 19.5 Å². The Kier molecular flexibility index (Phi) is 5.31. The third-order valence-electron chi connectivity index (χ3n) is 3.94. The van der Waals surface area contributed by atoms with Crippen LogP contribution < -0.4 is 9.64 Å². The number of rotatable bonds is 5. The van der Waals surface area contributed by atoms with Gasteiger partial charge in [0.15, 0.2) is 0 Å². The minimum absolute atomic E-state index is 0.326. The molecule has 2 N–H and O–H groups in total. The number of quaternary nitrogens is 1. The number of hydrogen-bond donors (Lipinski definition) is 2. The molecule has 2 aromatic rings. The molecule has 0 saturated carbocycles. The highest BCUT2D eigenvalue weighted by Crippen LogP contribution is 2.24. The molecule has 1 aliphatic heterocycles. The van der Waals surface area contributed by atoms with Gasteiger partial charge in [-0.25, -0.2) is 0 Å². The standard InChI is InChI=1S/C17H20BrNO3/c18-15-3-1-14-10-17(4-2-13(14)9-15)22-12-16(20)11-19-5-7-21-8-6-19/h1-4,9-10,16,20H,5-8,11-12H2/p+1/t16-/m0/s1. The van der Waals surface area contributed by atoms with E-state index in [0.29, 0.717) is 13.2 Å². The van der Waals surface area contributed by atoms with Gasteiger partial charge in [0.2, 0.25) is 0 Å². The number of hydrogen-bond acceptors (Lipinski definition) is 3. The quantitative estimate of drug-likeness (QED) is 0.836. The van der Waals surface area contributed by atoms with Crippen LogP contribution in [0, 0.1) is 0 Å². The summed E-state index contributed by atoms with van der Waals surface area (Å²) in [5, 5.41) is 12.4. The molecule has 1 aliphatic rings. The van der Waals surface area contributed by atoms with Crippen molar-refractivity contribution in [2.45, 2.75) is 6.10 Å². The molecule has 1 heterocycles. The van der Waals surface area contributed by atoms with Crippen LogP contribution in [0.3, 0.4) is 0 Å². The third kappa shape index (κ3) is 4.20. The summed E-state index contributed by atoms with van der Waals surface area (Å²) in [4.78, 5) is 1.38. The fraction of sp³-hybridized carbons (Fsp3) is 0.412. The number of aliphatic hydroxyl groups excluding tert-OH is 1. The Hall–Kier alpha value is -1.14. The molecule has 5 heteroatoms. The van der Waals surface area contributed by atoms with Gasteiger partial charge in [0.1, 0.15) is 38.1 Å². The molecule has 0 amide bonds. The van der Waals surface area contributed by atoms with E-state index in [2.05, 4.69) is 28.1 Å². The van der Waals surface area contributed by atoms with E-state index in [1.807, 2.05) is 24.3 Å². The van der Waals surface area contributed by atoms with Crippen LogP contribution in [-0.4, -0.2) is 50.7 Å². The Labute approximate surface area is 138 Å². The Morgan fingerprint density at radius 2 is 1.86 bits per heavy atom. The summed E-state index contributed by atoms with van der Waals surface area (Å²) in [6.07, 6.45) is -0.450. The highest BCUT2D eigenvalue weighted by molar-refractivity contribution is 9.10. The summed E-state index contributed by atoms with van der Waals surface area (Å²) in [7, 11) is 0. The van der Waals surface area contributed by atoms with Gasteiger partial charge < -0.3 is 19.5 Å². The van der Waals surface area contributed by atoms with Crippen LogP contribution in [0.2, 0.25) is 0 Å². The molecule has 1 fully saturated rings. The van der Waals surface area contributed by atoms with Crippen molar-refractivity contribution in [2.24, 2.45) is 0 Å². The molecule has 0 bridgehead atoms. The van der Waals surface area contributed by atoms with Crippen molar-refractivity contribution in [1.29, 1.82) is 0 Å². The number of halogens is 1. The molecule has 4 nitrogen and oxygen atoms in total. The second-order valence-electron chi connectivity index (χ2n) is 5.68. The average Bonchev–Trinajstić information content (AvgIpc) is 2.54. The average molecular weight is 367 g/mol. The van der Waals surface area contributed by atoms with Crippen molar-refractivity contribution in [3.63, 3.8) is 0 Å². The summed E-state index contributed by atoms with van der Waals surface area (Å²) in [5.74, 6) is 0.797. The first-order chi connectivity index (χ1) is 10.7. The first-order valence-corrected chi connectivity index (χ1v) is 8.41. The van der Waals surface area contributed by atoms with Crippen LogP contribution in [0.5, 0.6) is 5.75 Å². The second-order valence-corrected chi connectivity index (χ2v) is 6.60. The maximum absolute atomic E-state index is 10.1. The Balaban J connectivity index is 1.55.